The Morgan fingerprint density at radius 2 is 2.00 bits per heavy atom. The number of benzene rings is 1. The van der Waals surface area contributed by atoms with Crippen molar-refractivity contribution in [1.29, 1.82) is 0 Å². The van der Waals surface area contributed by atoms with Gasteiger partial charge in [-0.1, -0.05) is 37.3 Å². The molecule has 2 aromatic rings. The monoisotopic (exact) mass is 449 g/mol. The molecule has 1 aromatic carbocycles. The van der Waals surface area contributed by atoms with E-state index < -0.39 is 12.0 Å². The fraction of sp³-hybridized carbons (Fsp3) is 0.440. The first-order valence-electron chi connectivity index (χ1n) is 11.6. The number of urea groups is 1. The van der Waals surface area contributed by atoms with Crippen molar-refractivity contribution in [3.05, 3.63) is 59.8 Å². The number of imide groups is 1. The van der Waals surface area contributed by atoms with Crippen molar-refractivity contribution < 1.29 is 14.4 Å². The molecule has 174 valence electrons. The lowest BCUT2D eigenvalue weighted by atomic mass is 9.81. The molecular weight excluding hydrogens is 418 g/mol. The van der Waals surface area contributed by atoms with Crippen molar-refractivity contribution >= 4 is 23.7 Å². The zero-order chi connectivity index (χ0) is 23.4. The quantitative estimate of drug-likeness (QED) is 0.659. The smallest absolute Gasteiger partial charge is 0.327 e. The van der Waals surface area contributed by atoms with Gasteiger partial charge in [-0.25, -0.2) is 9.78 Å². The number of hydrogen-bond donors (Lipinski definition) is 2. The molecule has 0 bridgehead atoms. The maximum absolute atomic E-state index is 13.4. The average Bonchev–Trinajstić information content (AvgIpc) is 2.84. The largest absolute Gasteiger partial charge is 0.384 e. The number of aromatic nitrogens is 1. The number of β-lactam (4-membered cyclic amide) rings is 1. The van der Waals surface area contributed by atoms with Gasteiger partial charge in [0.15, 0.2) is 0 Å². The van der Waals surface area contributed by atoms with E-state index in [1.807, 2.05) is 25.1 Å². The molecule has 1 aromatic heterocycles. The topological polar surface area (TPSA) is 109 Å². The normalized spacial score (nSPS) is 22.6. The second-order valence-electron chi connectivity index (χ2n) is 8.82. The van der Waals surface area contributed by atoms with Crippen LogP contribution in [0, 0.1) is 5.92 Å². The Labute approximate surface area is 194 Å². The minimum atomic E-state index is -0.817. The minimum Gasteiger partial charge on any atom is -0.384 e. The van der Waals surface area contributed by atoms with E-state index in [0.29, 0.717) is 31.9 Å². The number of nitrogen functional groups attached to an aromatic ring is 1. The third-order valence-electron chi connectivity index (χ3n) is 6.50. The van der Waals surface area contributed by atoms with E-state index in [4.69, 9.17) is 5.73 Å². The Morgan fingerprint density at radius 3 is 2.73 bits per heavy atom. The minimum absolute atomic E-state index is 0.225. The van der Waals surface area contributed by atoms with Crippen molar-refractivity contribution in [1.82, 2.24) is 20.1 Å². The first kappa shape index (κ1) is 22.8. The van der Waals surface area contributed by atoms with E-state index in [1.165, 1.54) is 5.56 Å². The standard InChI is InChI=1S/C25H31N5O3/c1-2-11-28-23(31)22-20(14-17-10-12-27-21(26)15-17)24(32)30(22)25(33)29-13-6-9-19(16-29)18-7-4-3-5-8-18/h3-5,7-8,10,12,15,19-20,22H,2,6,9,11,13-14,16H2,1H3,(H2,26,27)(H,28,31)/t19-,20-,22+/m1/s1. The van der Waals surface area contributed by atoms with E-state index >= 15 is 0 Å². The Bertz CT molecular complexity index is 1010. The molecule has 2 aliphatic rings. The highest BCUT2D eigenvalue weighted by atomic mass is 16.2. The summed E-state index contributed by atoms with van der Waals surface area (Å²) in [6, 6.07) is 12.4. The van der Waals surface area contributed by atoms with Crippen LogP contribution >= 0.6 is 0 Å². The van der Waals surface area contributed by atoms with Gasteiger partial charge in [-0.15, -0.1) is 0 Å². The van der Waals surface area contributed by atoms with E-state index in [2.05, 4.69) is 22.4 Å². The number of hydrogen-bond acceptors (Lipinski definition) is 5. The lowest BCUT2D eigenvalue weighted by molar-refractivity contribution is -0.158. The SMILES string of the molecule is CCCNC(=O)[C@@H]1[C@@H](Cc2ccnc(N)c2)C(=O)N1C(=O)N1CCC[C@@H](c2ccccc2)C1. The number of amides is 4. The van der Waals surface area contributed by atoms with Crippen LogP contribution in [0.1, 0.15) is 43.2 Å². The fourth-order valence-corrected chi connectivity index (χ4v) is 4.79. The highest BCUT2D eigenvalue weighted by Gasteiger charge is 2.55. The molecule has 3 N–H and O–H groups in total. The Kier molecular flexibility index (Phi) is 6.91. The van der Waals surface area contributed by atoms with Crippen molar-refractivity contribution in [3.63, 3.8) is 0 Å². The van der Waals surface area contributed by atoms with Gasteiger partial charge in [0.25, 0.3) is 0 Å². The summed E-state index contributed by atoms with van der Waals surface area (Å²) < 4.78 is 0. The molecule has 8 nitrogen and oxygen atoms in total. The first-order valence-corrected chi connectivity index (χ1v) is 11.6. The number of likely N-dealkylation sites (tertiary alicyclic amines) is 2. The average molecular weight is 450 g/mol. The molecule has 4 amide bonds. The third-order valence-corrected chi connectivity index (χ3v) is 6.50. The maximum atomic E-state index is 13.4. The summed E-state index contributed by atoms with van der Waals surface area (Å²) in [5.41, 5.74) is 7.79. The maximum Gasteiger partial charge on any atom is 0.327 e. The summed E-state index contributed by atoms with van der Waals surface area (Å²) in [5.74, 6) is -0.604. The van der Waals surface area contributed by atoms with Crippen LogP contribution < -0.4 is 11.1 Å². The molecule has 3 atom stereocenters. The first-order chi connectivity index (χ1) is 16.0. The molecular formula is C25H31N5O3. The summed E-state index contributed by atoms with van der Waals surface area (Å²) in [4.78, 5) is 46.4. The Balaban J connectivity index is 1.51. The van der Waals surface area contributed by atoms with Crippen LogP contribution in [0.5, 0.6) is 0 Å². The van der Waals surface area contributed by atoms with Gasteiger partial charge in [-0.3, -0.25) is 14.5 Å². The van der Waals surface area contributed by atoms with Crippen molar-refractivity contribution in [3.8, 4) is 0 Å². The zero-order valence-corrected chi connectivity index (χ0v) is 18.9. The van der Waals surface area contributed by atoms with Crippen molar-refractivity contribution in [2.45, 2.75) is 44.6 Å². The summed E-state index contributed by atoms with van der Waals surface area (Å²) in [7, 11) is 0. The number of carbonyl (C=O) groups excluding carboxylic acids is 3. The van der Waals surface area contributed by atoms with Crippen molar-refractivity contribution in [2.24, 2.45) is 5.92 Å². The molecule has 2 fully saturated rings. The number of piperidine rings is 1. The van der Waals surface area contributed by atoms with Gasteiger partial charge in [0.05, 0.1) is 5.92 Å². The van der Waals surface area contributed by atoms with Crippen molar-refractivity contribution in [2.75, 3.05) is 25.4 Å². The molecule has 0 radical (unpaired) electrons. The van der Waals surface area contributed by atoms with Gasteiger partial charge in [0, 0.05) is 31.7 Å². The van der Waals surface area contributed by atoms with Crippen LogP contribution in [0.25, 0.3) is 0 Å². The van der Waals surface area contributed by atoms with Crippen LogP contribution in [0.15, 0.2) is 48.7 Å². The molecule has 0 spiro atoms. The second-order valence-corrected chi connectivity index (χ2v) is 8.82. The predicted octanol–water partition coefficient (Wildman–Crippen LogP) is 2.56. The molecule has 33 heavy (non-hydrogen) atoms. The highest BCUT2D eigenvalue weighted by Crippen LogP contribution is 2.34. The third kappa shape index (κ3) is 4.84. The molecule has 0 aliphatic carbocycles. The van der Waals surface area contributed by atoms with E-state index in [0.717, 1.165) is 29.7 Å². The fourth-order valence-electron chi connectivity index (χ4n) is 4.79. The summed E-state index contributed by atoms with van der Waals surface area (Å²) >= 11 is 0. The van der Waals surface area contributed by atoms with E-state index in [9.17, 15) is 14.4 Å². The molecule has 0 saturated carbocycles. The number of nitrogens with zero attached hydrogens (tertiary/aromatic N) is 3. The molecule has 4 rings (SSSR count). The molecule has 2 saturated heterocycles. The van der Waals surface area contributed by atoms with Gasteiger partial charge in [0.1, 0.15) is 11.9 Å². The number of pyridine rings is 1. The summed E-state index contributed by atoms with van der Waals surface area (Å²) in [5, 5.41) is 2.86. The number of anilines is 1. The Morgan fingerprint density at radius 1 is 1.21 bits per heavy atom. The lowest BCUT2D eigenvalue weighted by Gasteiger charge is -2.47. The summed E-state index contributed by atoms with van der Waals surface area (Å²) in [6.07, 6.45) is 4.55. The number of nitrogens with one attached hydrogen (secondary N) is 1. The number of nitrogens with two attached hydrogens (primary N) is 1. The highest BCUT2D eigenvalue weighted by molar-refractivity contribution is 6.09. The lowest BCUT2D eigenvalue weighted by Crippen LogP contribution is -2.71. The van der Waals surface area contributed by atoms with Crippen LogP contribution in [-0.4, -0.2) is 58.3 Å². The molecule has 0 unspecified atom stereocenters. The summed E-state index contributed by atoms with van der Waals surface area (Å²) in [6.45, 7) is 3.59. The number of carbonyl (C=O) groups is 3. The van der Waals surface area contributed by atoms with Gasteiger partial charge in [-0.05, 0) is 48.9 Å². The van der Waals surface area contributed by atoms with E-state index in [-0.39, 0.29) is 23.8 Å². The van der Waals surface area contributed by atoms with Crippen LogP contribution in [0.3, 0.4) is 0 Å². The van der Waals surface area contributed by atoms with Gasteiger partial charge >= 0.3 is 6.03 Å². The second kappa shape index (κ2) is 10.0. The Hall–Kier alpha value is -3.42. The predicted molar refractivity (Wildman–Crippen MR) is 125 cm³/mol. The molecule has 3 heterocycles. The van der Waals surface area contributed by atoms with Crippen LogP contribution in [0.4, 0.5) is 10.6 Å². The molecule has 2 aliphatic heterocycles. The van der Waals surface area contributed by atoms with Crippen LogP contribution in [0.2, 0.25) is 0 Å². The molecule has 8 heteroatoms. The van der Waals surface area contributed by atoms with Gasteiger partial charge in [-0.2, -0.15) is 0 Å². The van der Waals surface area contributed by atoms with Crippen LogP contribution in [-0.2, 0) is 16.0 Å². The number of rotatable bonds is 6. The zero-order valence-electron chi connectivity index (χ0n) is 18.9. The van der Waals surface area contributed by atoms with Gasteiger partial charge < -0.3 is 16.0 Å². The van der Waals surface area contributed by atoms with E-state index in [1.54, 1.807) is 23.2 Å². The van der Waals surface area contributed by atoms with Gasteiger partial charge in [0.2, 0.25) is 11.8 Å².